The van der Waals surface area contributed by atoms with E-state index in [9.17, 15) is 8.42 Å². The summed E-state index contributed by atoms with van der Waals surface area (Å²) in [5.41, 5.74) is 1.06. The maximum Gasteiger partial charge on any atom is 0.191 e. The third kappa shape index (κ3) is 7.58. The van der Waals surface area contributed by atoms with E-state index in [4.69, 9.17) is 9.47 Å². The number of benzene rings is 1. The summed E-state index contributed by atoms with van der Waals surface area (Å²) in [5, 5.41) is 6.49. The molecule has 0 bridgehead atoms. The number of guanidine groups is 1. The molecule has 1 saturated carbocycles. The quantitative estimate of drug-likeness (QED) is 0.479. The second kappa shape index (κ2) is 10.5. The van der Waals surface area contributed by atoms with Crippen molar-refractivity contribution >= 4 is 15.8 Å². The van der Waals surface area contributed by atoms with Gasteiger partial charge >= 0.3 is 0 Å². The van der Waals surface area contributed by atoms with Crippen molar-refractivity contribution in [2.45, 2.75) is 57.7 Å². The van der Waals surface area contributed by atoms with Crippen molar-refractivity contribution in [3.63, 3.8) is 0 Å². The van der Waals surface area contributed by atoms with Gasteiger partial charge in [-0.2, -0.15) is 0 Å². The van der Waals surface area contributed by atoms with E-state index in [1.54, 1.807) is 14.2 Å². The molecule has 28 heavy (non-hydrogen) atoms. The Morgan fingerprint density at radius 2 is 2.00 bits per heavy atom. The highest BCUT2D eigenvalue weighted by atomic mass is 32.2. The van der Waals surface area contributed by atoms with Gasteiger partial charge in [0.1, 0.15) is 9.84 Å². The molecule has 1 aliphatic carbocycles. The summed E-state index contributed by atoms with van der Waals surface area (Å²) in [6, 6.07) is 5.92. The molecular formula is C20H33N3O4S. The highest BCUT2D eigenvalue weighted by molar-refractivity contribution is 7.90. The average molecular weight is 412 g/mol. The molecule has 0 radical (unpaired) electrons. The number of hydrogen-bond donors (Lipinski definition) is 2. The number of methoxy groups -OCH3 is 1. The van der Waals surface area contributed by atoms with Gasteiger partial charge in [0.05, 0.1) is 19.0 Å². The van der Waals surface area contributed by atoms with E-state index >= 15 is 0 Å². The van der Waals surface area contributed by atoms with Gasteiger partial charge in [-0.1, -0.05) is 6.07 Å². The fraction of sp³-hybridized carbons (Fsp3) is 0.650. The van der Waals surface area contributed by atoms with Gasteiger partial charge < -0.3 is 20.1 Å². The van der Waals surface area contributed by atoms with E-state index in [0.717, 1.165) is 29.9 Å². The minimum absolute atomic E-state index is 0.00180. The van der Waals surface area contributed by atoms with Crippen LogP contribution in [0.25, 0.3) is 0 Å². The van der Waals surface area contributed by atoms with Crippen LogP contribution in [0, 0.1) is 0 Å². The van der Waals surface area contributed by atoms with Crippen molar-refractivity contribution in [3.05, 3.63) is 23.8 Å². The molecule has 1 aliphatic rings. The van der Waals surface area contributed by atoms with Gasteiger partial charge in [0.2, 0.25) is 0 Å². The maximum atomic E-state index is 11.3. The number of ether oxygens (including phenoxy) is 2. The number of sulfone groups is 1. The molecule has 1 aromatic rings. The molecule has 0 aliphatic heterocycles. The molecule has 0 saturated heterocycles. The van der Waals surface area contributed by atoms with Gasteiger partial charge in [-0.3, -0.25) is 4.99 Å². The smallest absolute Gasteiger partial charge is 0.191 e. The predicted octanol–water partition coefficient (Wildman–Crippen LogP) is 2.50. The minimum atomic E-state index is -2.96. The normalized spacial score (nSPS) is 16.6. The zero-order chi connectivity index (χ0) is 20.6. The number of nitrogens with one attached hydrogen (secondary N) is 2. The highest BCUT2D eigenvalue weighted by Gasteiger charge is 2.18. The van der Waals surface area contributed by atoms with E-state index in [0.29, 0.717) is 18.9 Å². The SMILES string of the molecule is CN=C(NCc1ccc(OC)c(OC2CCCC2)c1)NC(C)CCS(C)(=O)=O. The van der Waals surface area contributed by atoms with Crippen LogP contribution in [0.5, 0.6) is 11.5 Å². The third-order valence-electron chi connectivity index (χ3n) is 4.81. The van der Waals surface area contributed by atoms with Crippen molar-refractivity contribution in [1.29, 1.82) is 0 Å². The van der Waals surface area contributed by atoms with Gasteiger partial charge in [-0.25, -0.2) is 8.42 Å². The molecule has 0 heterocycles. The summed E-state index contributed by atoms with van der Waals surface area (Å²) in [6.07, 6.45) is 6.66. The maximum absolute atomic E-state index is 11.3. The van der Waals surface area contributed by atoms with Crippen molar-refractivity contribution in [1.82, 2.24) is 10.6 Å². The molecule has 2 rings (SSSR count). The number of rotatable bonds is 9. The third-order valence-corrected chi connectivity index (χ3v) is 5.79. The first-order chi connectivity index (χ1) is 13.3. The summed E-state index contributed by atoms with van der Waals surface area (Å²) >= 11 is 0. The van der Waals surface area contributed by atoms with Gasteiger partial charge in [0.25, 0.3) is 0 Å². The molecule has 1 aromatic carbocycles. The lowest BCUT2D eigenvalue weighted by Gasteiger charge is -2.19. The monoisotopic (exact) mass is 411 g/mol. The first-order valence-electron chi connectivity index (χ1n) is 9.79. The Morgan fingerprint density at radius 3 is 2.61 bits per heavy atom. The van der Waals surface area contributed by atoms with Gasteiger partial charge in [0, 0.05) is 25.9 Å². The zero-order valence-corrected chi connectivity index (χ0v) is 18.1. The van der Waals surface area contributed by atoms with Crippen LogP contribution >= 0.6 is 0 Å². The van der Waals surface area contributed by atoms with Crippen LogP contribution in [0.15, 0.2) is 23.2 Å². The van der Waals surface area contributed by atoms with Crippen molar-refractivity contribution < 1.29 is 17.9 Å². The standard InChI is InChI=1S/C20H33N3O4S/c1-15(11-12-28(4,24)25)23-20(21-2)22-14-16-9-10-18(26-3)19(13-16)27-17-7-5-6-8-17/h9-10,13,15,17H,5-8,11-12,14H2,1-4H3,(H2,21,22,23). The summed E-state index contributed by atoms with van der Waals surface area (Å²) in [4.78, 5) is 4.22. The highest BCUT2D eigenvalue weighted by Crippen LogP contribution is 2.32. The number of aliphatic imine (C=N–C) groups is 1. The number of hydrogen-bond acceptors (Lipinski definition) is 5. The van der Waals surface area contributed by atoms with Crippen LogP contribution in [0.3, 0.4) is 0 Å². The Hall–Kier alpha value is -1.96. The van der Waals surface area contributed by atoms with Gasteiger partial charge in [-0.05, 0) is 56.7 Å². The summed E-state index contributed by atoms with van der Waals surface area (Å²) < 4.78 is 34.2. The molecule has 0 aromatic heterocycles. The van der Waals surface area contributed by atoms with Crippen LogP contribution in [0.4, 0.5) is 0 Å². The Labute approximate surface area is 168 Å². The molecule has 8 heteroatoms. The molecule has 7 nitrogen and oxygen atoms in total. The Balaban J connectivity index is 1.92. The summed E-state index contributed by atoms with van der Waals surface area (Å²) in [6.45, 7) is 2.52. The van der Waals surface area contributed by atoms with Crippen LogP contribution in [-0.4, -0.2) is 52.7 Å². The van der Waals surface area contributed by atoms with Gasteiger partial charge in [-0.15, -0.1) is 0 Å². The Kier molecular flexibility index (Phi) is 8.41. The molecule has 2 N–H and O–H groups in total. The van der Waals surface area contributed by atoms with Crippen molar-refractivity contribution in [3.8, 4) is 11.5 Å². The zero-order valence-electron chi connectivity index (χ0n) is 17.3. The molecule has 1 unspecified atom stereocenters. The van der Waals surface area contributed by atoms with Crippen LogP contribution in [-0.2, 0) is 16.4 Å². The summed E-state index contributed by atoms with van der Waals surface area (Å²) in [7, 11) is 0.382. The lowest BCUT2D eigenvalue weighted by Crippen LogP contribution is -2.42. The second-order valence-corrected chi connectivity index (χ2v) is 9.66. The first-order valence-corrected chi connectivity index (χ1v) is 11.8. The molecule has 0 spiro atoms. The largest absolute Gasteiger partial charge is 0.493 e. The van der Waals surface area contributed by atoms with E-state index < -0.39 is 9.84 Å². The van der Waals surface area contributed by atoms with Crippen LogP contribution in [0.1, 0.15) is 44.6 Å². The second-order valence-electron chi connectivity index (χ2n) is 7.40. The van der Waals surface area contributed by atoms with E-state index in [-0.39, 0.29) is 17.9 Å². The lowest BCUT2D eigenvalue weighted by atomic mass is 10.2. The molecule has 158 valence electrons. The van der Waals surface area contributed by atoms with Crippen molar-refractivity contribution in [2.75, 3.05) is 26.2 Å². The van der Waals surface area contributed by atoms with Crippen LogP contribution < -0.4 is 20.1 Å². The van der Waals surface area contributed by atoms with Crippen molar-refractivity contribution in [2.24, 2.45) is 4.99 Å². The molecular weight excluding hydrogens is 378 g/mol. The topological polar surface area (TPSA) is 89.0 Å². The molecule has 0 amide bonds. The van der Waals surface area contributed by atoms with E-state index in [1.165, 1.54) is 19.1 Å². The summed E-state index contributed by atoms with van der Waals surface area (Å²) in [5.74, 6) is 2.30. The predicted molar refractivity (Wildman–Crippen MR) is 113 cm³/mol. The fourth-order valence-electron chi connectivity index (χ4n) is 3.19. The fourth-order valence-corrected chi connectivity index (χ4v) is 3.97. The number of nitrogens with zero attached hydrogens (tertiary/aromatic N) is 1. The lowest BCUT2D eigenvalue weighted by molar-refractivity contribution is 0.200. The Morgan fingerprint density at radius 1 is 1.29 bits per heavy atom. The van der Waals surface area contributed by atoms with Crippen LogP contribution in [0.2, 0.25) is 0 Å². The minimum Gasteiger partial charge on any atom is -0.493 e. The molecule has 1 fully saturated rings. The average Bonchev–Trinajstić information content (AvgIpc) is 3.16. The first kappa shape index (κ1) is 22.3. The van der Waals surface area contributed by atoms with Gasteiger partial charge in [0.15, 0.2) is 17.5 Å². The molecule has 1 atom stereocenters. The van der Waals surface area contributed by atoms with E-state index in [1.807, 2.05) is 25.1 Å². The van der Waals surface area contributed by atoms with E-state index in [2.05, 4.69) is 15.6 Å². The Bertz CT molecular complexity index is 759.